The van der Waals surface area contributed by atoms with Gasteiger partial charge in [-0.1, -0.05) is 30.4 Å². The van der Waals surface area contributed by atoms with Crippen LogP contribution >= 0.6 is 0 Å². The highest BCUT2D eigenvalue weighted by atomic mass is 15.1. The van der Waals surface area contributed by atoms with Gasteiger partial charge in [0.15, 0.2) is 0 Å². The molecule has 0 saturated carbocycles. The maximum atomic E-state index is 3.84. The average Bonchev–Trinajstić information content (AvgIpc) is 2.52. The summed E-state index contributed by atoms with van der Waals surface area (Å²) in [5, 5.41) is 3.28. The minimum absolute atomic E-state index is 0.772. The molecule has 2 heteroatoms. The molecule has 0 unspecified atom stereocenters. The fourth-order valence-electron chi connectivity index (χ4n) is 2.05. The van der Waals surface area contributed by atoms with E-state index >= 15 is 0 Å². The van der Waals surface area contributed by atoms with E-state index in [1.807, 2.05) is 30.4 Å². The molecule has 0 amide bonds. The Morgan fingerprint density at radius 3 is 2.10 bits per heavy atom. The van der Waals surface area contributed by atoms with Crippen molar-refractivity contribution in [3.63, 3.8) is 0 Å². The summed E-state index contributed by atoms with van der Waals surface area (Å²) in [6, 6.07) is 18.7. The van der Waals surface area contributed by atoms with Crippen LogP contribution in [-0.2, 0) is 0 Å². The summed E-state index contributed by atoms with van der Waals surface area (Å²) in [7, 11) is 0. The highest BCUT2D eigenvalue weighted by Crippen LogP contribution is 2.26. The molecule has 1 N–H and O–H groups in total. The van der Waals surface area contributed by atoms with E-state index in [1.54, 1.807) is 0 Å². The highest BCUT2D eigenvalue weighted by molar-refractivity contribution is 5.65. The van der Waals surface area contributed by atoms with Gasteiger partial charge in [-0.25, -0.2) is 0 Å². The number of benzene rings is 2. The monoisotopic (exact) mass is 264 g/mol. The molecule has 2 aromatic rings. The lowest BCUT2D eigenvalue weighted by Crippen LogP contribution is -2.16. The van der Waals surface area contributed by atoms with Gasteiger partial charge in [0.1, 0.15) is 0 Å². The zero-order chi connectivity index (χ0) is 14.2. The number of hydrogen-bond donors (Lipinski definition) is 1. The van der Waals surface area contributed by atoms with Crippen molar-refractivity contribution < 1.29 is 0 Å². The molecule has 0 heterocycles. The molecule has 2 nitrogen and oxygen atoms in total. The first-order valence-corrected chi connectivity index (χ1v) is 6.73. The van der Waals surface area contributed by atoms with Gasteiger partial charge in [0.05, 0.1) is 0 Å². The number of nitrogens with zero attached hydrogens (tertiary/aromatic N) is 1. The first kappa shape index (κ1) is 13.9. The fraction of sp³-hybridized carbons (Fsp3) is 0.111. The Labute approximate surface area is 121 Å². The van der Waals surface area contributed by atoms with Crippen LogP contribution in [0.3, 0.4) is 0 Å². The summed E-state index contributed by atoms with van der Waals surface area (Å²) in [5.74, 6) is 0. The predicted octanol–water partition coefficient (Wildman–Crippen LogP) is 4.61. The zero-order valence-electron chi connectivity index (χ0n) is 11.6. The normalized spacial score (nSPS) is 9.80. The van der Waals surface area contributed by atoms with Crippen LogP contribution in [0.2, 0.25) is 0 Å². The van der Waals surface area contributed by atoms with Crippen molar-refractivity contribution in [2.45, 2.75) is 0 Å². The van der Waals surface area contributed by atoms with E-state index in [-0.39, 0.29) is 0 Å². The Morgan fingerprint density at radius 2 is 1.50 bits per heavy atom. The molecule has 0 fully saturated rings. The average molecular weight is 264 g/mol. The summed E-state index contributed by atoms with van der Waals surface area (Å²) in [4.78, 5) is 2.23. The third-order valence-corrected chi connectivity index (χ3v) is 3.01. The number of para-hydroxylation sites is 1. The van der Waals surface area contributed by atoms with E-state index in [4.69, 9.17) is 0 Å². The number of nitrogens with one attached hydrogen (secondary N) is 1. The largest absolute Gasteiger partial charge is 0.382 e. The number of hydrogen-bond acceptors (Lipinski definition) is 2. The highest BCUT2D eigenvalue weighted by Gasteiger charge is 2.06. The van der Waals surface area contributed by atoms with E-state index in [9.17, 15) is 0 Å². The van der Waals surface area contributed by atoms with Gasteiger partial charge < -0.3 is 10.2 Å². The van der Waals surface area contributed by atoms with Crippen molar-refractivity contribution in [3.05, 3.63) is 79.9 Å². The number of anilines is 3. The molecular formula is C18H20N2. The first-order valence-electron chi connectivity index (χ1n) is 6.73. The van der Waals surface area contributed by atoms with Crippen LogP contribution in [0.15, 0.2) is 79.9 Å². The molecule has 102 valence electrons. The lowest BCUT2D eigenvalue weighted by atomic mass is 10.2. The summed E-state index contributed by atoms with van der Waals surface area (Å²) in [6.07, 6.45) is 3.76. The molecule has 0 aliphatic heterocycles. The Morgan fingerprint density at radius 1 is 0.850 bits per heavy atom. The molecule has 0 spiro atoms. The molecular weight excluding hydrogens is 244 g/mol. The van der Waals surface area contributed by atoms with E-state index in [0.29, 0.717) is 0 Å². The van der Waals surface area contributed by atoms with Crippen LogP contribution in [0, 0.1) is 0 Å². The Kier molecular flexibility index (Phi) is 5.01. The van der Waals surface area contributed by atoms with Gasteiger partial charge >= 0.3 is 0 Å². The Hall–Kier alpha value is -2.48. The molecule has 0 bridgehead atoms. The molecule has 0 aliphatic rings. The van der Waals surface area contributed by atoms with E-state index in [2.05, 4.69) is 59.8 Å². The quantitative estimate of drug-likeness (QED) is 0.735. The zero-order valence-corrected chi connectivity index (χ0v) is 11.6. The smallest absolute Gasteiger partial charge is 0.0415 e. The first-order chi connectivity index (χ1) is 9.85. The van der Waals surface area contributed by atoms with Gasteiger partial charge in [-0.15, -0.1) is 13.2 Å². The van der Waals surface area contributed by atoms with E-state index in [1.165, 1.54) is 5.69 Å². The van der Waals surface area contributed by atoms with Crippen molar-refractivity contribution in [3.8, 4) is 0 Å². The van der Waals surface area contributed by atoms with Gasteiger partial charge in [0.25, 0.3) is 0 Å². The second-order valence-electron chi connectivity index (χ2n) is 4.45. The Balaban J connectivity index is 2.21. The van der Waals surface area contributed by atoms with Crippen molar-refractivity contribution in [1.82, 2.24) is 0 Å². The van der Waals surface area contributed by atoms with Crippen LogP contribution in [0.5, 0.6) is 0 Å². The second kappa shape index (κ2) is 7.19. The third-order valence-electron chi connectivity index (χ3n) is 3.01. The van der Waals surface area contributed by atoms with Crippen molar-refractivity contribution in [2.24, 2.45) is 0 Å². The molecule has 0 radical (unpaired) electrons. The maximum absolute atomic E-state index is 3.84. The van der Waals surface area contributed by atoms with E-state index < -0.39 is 0 Å². The van der Waals surface area contributed by atoms with Crippen molar-refractivity contribution in [1.29, 1.82) is 0 Å². The van der Waals surface area contributed by atoms with Crippen LogP contribution in [0.25, 0.3) is 0 Å². The van der Waals surface area contributed by atoms with E-state index in [0.717, 1.165) is 24.5 Å². The minimum atomic E-state index is 0.772. The topological polar surface area (TPSA) is 15.3 Å². The third kappa shape index (κ3) is 3.51. The van der Waals surface area contributed by atoms with Gasteiger partial charge in [0.2, 0.25) is 0 Å². The molecule has 0 atom stereocenters. The van der Waals surface area contributed by atoms with Crippen molar-refractivity contribution in [2.75, 3.05) is 23.3 Å². The minimum Gasteiger partial charge on any atom is -0.382 e. The molecule has 2 aromatic carbocycles. The van der Waals surface area contributed by atoms with Gasteiger partial charge in [-0.3, -0.25) is 0 Å². The molecule has 0 saturated heterocycles. The summed E-state index contributed by atoms with van der Waals surface area (Å²) >= 11 is 0. The fourth-order valence-corrected chi connectivity index (χ4v) is 2.05. The lowest BCUT2D eigenvalue weighted by Gasteiger charge is -2.23. The SMILES string of the molecule is C=CCNc1ccc(N(CC=C)c2ccccc2)cc1. The number of rotatable bonds is 7. The lowest BCUT2D eigenvalue weighted by molar-refractivity contribution is 1.10. The van der Waals surface area contributed by atoms with Gasteiger partial charge in [-0.05, 0) is 36.4 Å². The van der Waals surface area contributed by atoms with Gasteiger partial charge in [-0.2, -0.15) is 0 Å². The molecule has 0 aliphatic carbocycles. The van der Waals surface area contributed by atoms with Crippen molar-refractivity contribution >= 4 is 17.1 Å². The molecule has 20 heavy (non-hydrogen) atoms. The molecule has 2 rings (SSSR count). The molecule has 0 aromatic heterocycles. The summed E-state index contributed by atoms with van der Waals surface area (Å²) in [6.45, 7) is 9.10. The van der Waals surface area contributed by atoms with Crippen LogP contribution in [0.4, 0.5) is 17.1 Å². The summed E-state index contributed by atoms with van der Waals surface area (Å²) < 4.78 is 0. The Bertz CT molecular complexity index is 543. The van der Waals surface area contributed by atoms with Gasteiger partial charge in [0, 0.05) is 30.2 Å². The van der Waals surface area contributed by atoms with Crippen LogP contribution in [-0.4, -0.2) is 13.1 Å². The van der Waals surface area contributed by atoms with Crippen LogP contribution in [0.1, 0.15) is 0 Å². The van der Waals surface area contributed by atoms with Crippen LogP contribution < -0.4 is 10.2 Å². The predicted molar refractivity (Wildman–Crippen MR) is 88.8 cm³/mol. The maximum Gasteiger partial charge on any atom is 0.0415 e. The summed E-state index contributed by atoms with van der Waals surface area (Å²) in [5.41, 5.74) is 3.42. The second-order valence-corrected chi connectivity index (χ2v) is 4.45. The standard InChI is InChI=1S/C18H20N2/c1-3-14-19-16-10-12-18(13-11-16)20(15-4-2)17-8-6-5-7-9-17/h3-13,19H,1-2,14-15H2.